The van der Waals surface area contributed by atoms with Crippen LogP contribution in [0.3, 0.4) is 0 Å². The van der Waals surface area contributed by atoms with E-state index in [1.807, 2.05) is 14.1 Å². The lowest BCUT2D eigenvalue weighted by Crippen LogP contribution is -2.42. The number of imidazole rings is 1. The summed E-state index contributed by atoms with van der Waals surface area (Å²) in [7, 11) is -3.22. The predicted octanol–water partition coefficient (Wildman–Crippen LogP) is -0.594. The Bertz CT molecular complexity index is 1730. The van der Waals surface area contributed by atoms with E-state index in [9.17, 15) is 16.8 Å². The number of likely N-dealkylation sites (tertiary alicyclic amines) is 1. The summed E-state index contributed by atoms with van der Waals surface area (Å²) in [5, 5.41) is 20.3. The molecule has 3 heterocycles. The molecule has 0 aliphatic carbocycles. The van der Waals surface area contributed by atoms with Crippen molar-refractivity contribution in [3.63, 3.8) is 0 Å². The van der Waals surface area contributed by atoms with Crippen LogP contribution in [-0.2, 0) is 27.1 Å². The van der Waals surface area contributed by atoms with Crippen LogP contribution in [0.15, 0.2) is 40.1 Å². The second-order valence-corrected chi connectivity index (χ2v) is 12.9. The summed E-state index contributed by atoms with van der Waals surface area (Å²) >= 11 is 0. The monoisotopic (exact) mass is 546 g/mol. The maximum Gasteiger partial charge on any atom is 0.242 e. The van der Waals surface area contributed by atoms with Crippen LogP contribution in [0, 0.1) is 0 Å². The van der Waals surface area contributed by atoms with Gasteiger partial charge in [0.25, 0.3) is 0 Å². The van der Waals surface area contributed by atoms with Gasteiger partial charge in [-0.2, -0.15) is 5.21 Å². The predicted molar refractivity (Wildman–Crippen MR) is 135 cm³/mol. The smallest absolute Gasteiger partial charge is 0.242 e. The zero-order valence-electron chi connectivity index (χ0n) is 20.3. The molecule has 2 aromatic heterocycles. The fourth-order valence-corrected chi connectivity index (χ4v) is 7.73. The van der Waals surface area contributed by atoms with Crippen molar-refractivity contribution in [3.8, 4) is 22.5 Å². The lowest BCUT2D eigenvalue weighted by Gasteiger charge is -2.23. The number of quaternary nitrogens is 1. The minimum absolute atomic E-state index is 0.144. The number of aromatic nitrogens is 6. The van der Waals surface area contributed by atoms with Crippen LogP contribution in [0.5, 0.6) is 0 Å². The van der Waals surface area contributed by atoms with Crippen molar-refractivity contribution in [3.05, 3.63) is 30.3 Å². The Hall–Kier alpha value is -3.44. The third-order valence-corrected chi connectivity index (χ3v) is 9.28. The minimum Gasteiger partial charge on any atom is -0.369 e. The van der Waals surface area contributed by atoms with Crippen molar-refractivity contribution >= 4 is 37.0 Å². The van der Waals surface area contributed by atoms with Crippen LogP contribution in [0.1, 0.15) is 6.42 Å². The molecule has 0 radical (unpaired) electrons. The van der Waals surface area contributed by atoms with E-state index in [1.54, 1.807) is 29.8 Å². The Morgan fingerprint density at radius 1 is 1.14 bits per heavy atom. The zero-order chi connectivity index (χ0) is 26.8. The Morgan fingerprint density at radius 2 is 1.89 bits per heavy atom. The van der Waals surface area contributed by atoms with Gasteiger partial charge < -0.3 is 19.9 Å². The van der Waals surface area contributed by atoms with Gasteiger partial charge in [-0.1, -0.05) is 18.2 Å². The second-order valence-electron chi connectivity index (χ2n) is 9.71. The van der Waals surface area contributed by atoms with Crippen molar-refractivity contribution in [2.75, 3.05) is 32.9 Å². The SMILES string of the molecule is Cn1c(N)nc2c(-c3ccc(S(=O)(=O)N[C@H]4CC[N+](C)(C)C4)c(S(N)(=O)=O)c3-c3nnn[n-]3)cccc21. The molecule has 0 spiro atoms. The number of tetrazole rings is 1. The third-order valence-electron chi connectivity index (χ3n) is 6.59. The topological polar surface area (TPSA) is 203 Å². The molecule has 37 heavy (non-hydrogen) atoms. The van der Waals surface area contributed by atoms with Gasteiger partial charge in [-0.05, 0) is 17.7 Å². The normalized spacial score (nSPS) is 18.0. The van der Waals surface area contributed by atoms with E-state index in [-0.39, 0.29) is 28.9 Å². The molecule has 1 fully saturated rings. The number of benzene rings is 2. The van der Waals surface area contributed by atoms with E-state index in [2.05, 4.69) is 30.3 Å². The first kappa shape index (κ1) is 25.2. The highest BCUT2D eigenvalue weighted by molar-refractivity contribution is 7.92. The number of nitrogen functional groups attached to an aromatic ring is 1. The molecular weight excluding hydrogens is 520 g/mol. The molecule has 5 rings (SSSR count). The Morgan fingerprint density at radius 3 is 2.51 bits per heavy atom. The number of likely N-dealkylation sites (N-methyl/N-ethyl adjacent to an activating group) is 1. The van der Waals surface area contributed by atoms with Crippen molar-refractivity contribution in [1.82, 2.24) is 34.9 Å². The summed E-state index contributed by atoms with van der Waals surface area (Å²) in [6.07, 6.45) is 0.602. The van der Waals surface area contributed by atoms with Crippen LogP contribution < -0.4 is 20.7 Å². The summed E-state index contributed by atoms with van der Waals surface area (Å²) in [5.74, 6) is 0.0421. The van der Waals surface area contributed by atoms with Crippen molar-refractivity contribution < 1.29 is 21.3 Å². The number of nitrogens with one attached hydrogen (secondary N) is 1. The summed E-state index contributed by atoms with van der Waals surface area (Å²) in [5.41, 5.74) is 7.77. The minimum atomic E-state index is -4.63. The molecule has 196 valence electrons. The number of para-hydroxylation sites is 1. The first-order valence-corrected chi connectivity index (χ1v) is 14.3. The number of sulfonamides is 2. The number of primary sulfonamides is 1. The average molecular weight is 547 g/mol. The second kappa shape index (κ2) is 8.56. The maximum absolute atomic E-state index is 13.6. The number of aryl methyl sites for hydroxylation is 1. The van der Waals surface area contributed by atoms with E-state index in [1.165, 1.54) is 12.1 Å². The summed E-state index contributed by atoms with van der Waals surface area (Å²) in [6, 6.07) is 7.56. The number of hydrogen-bond donors (Lipinski definition) is 3. The lowest BCUT2D eigenvalue weighted by atomic mass is 9.98. The number of anilines is 1. The quantitative estimate of drug-likeness (QED) is 0.262. The van der Waals surface area contributed by atoms with Gasteiger partial charge in [0.05, 0.1) is 44.3 Å². The number of nitrogens with two attached hydrogens (primary N) is 2. The van der Waals surface area contributed by atoms with Crippen LogP contribution in [0.25, 0.3) is 33.5 Å². The summed E-state index contributed by atoms with van der Waals surface area (Å²) in [6.45, 7) is 1.33. The fraction of sp³-hybridized carbons (Fsp3) is 0.333. The molecule has 5 N–H and O–H groups in total. The Kier molecular flexibility index (Phi) is 5.83. The van der Waals surface area contributed by atoms with Crippen LogP contribution >= 0.6 is 0 Å². The van der Waals surface area contributed by atoms with Gasteiger partial charge in [0.1, 0.15) is 9.79 Å². The van der Waals surface area contributed by atoms with Gasteiger partial charge in [-0.3, -0.25) is 10.3 Å². The van der Waals surface area contributed by atoms with E-state index in [0.29, 0.717) is 34.0 Å². The van der Waals surface area contributed by atoms with Crippen LogP contribution in [0.4, 0.5) is 5.95 Å². The highest BCUT2D eigenvalue weighted by Crippen LogP contribution is 2.41. The summed E-state index contributed by atoms with van der Waals surface area (Å²) in [4.78, 5) is 3.25. The Balaban J connectivity index is 1.79. The number of rotatable bonds is 6. The van der Waals surface area contributed by atoms with E-state index < -0.39 is 29.8 Å². The molecule has 0 saturated carbocycles. The zero-order valence-corrected chi connectivity index (χ0v) is 22.0. The van der Waals surface area contributed by atoms with Gasteiger partial charge in [0.2, 0.25) is 26.0 Å². The number of fused-ring (bicyclic) bond motifs is 1. The molecule has 0 amide bonds. The van der Waals surface area contributed by atoms with Gasteiger partial charge in [0.15, 0.2) is 0 Å². The van der Waals surface area contributed by atoms with Crippen molar-refractivity contribution in [1.29, 1.82) is 0 Å². The molecule has 0 bridgehead atoms. The van der Waals surface area contributed by atoms with Crippen LogP contribution in [-0.4, -0.2) is 79.6 Å². The molecule has 0 unspecified atom stereocenters. The average Bonchev–Trinajstić information content (AvgIpc) is 3.52. The van der Waals surface area contributed by atoms with Gasteiger partial charge in [-0.25, -0.2) is 31.7 Å². The van der Waals surface area contributed by atoms with Crippen molar-refractivity contribution in [2.24, 2.45) is 12.2 Å². The van der Waals surface area contributed by atoms with Crippen LogP contribution in [0.2, 0.25) is 0 Å². The summed E-state index contributed by atoms with van der Waals surface area (Å²) < 4.78 is 58.1. The maximum atomic E-state index is 13.6. The highest BCUT2D eigenvalue weighted by atomic mass is 32.2. The number of nitrogens with zero attached hydrogens (tertiary/aromatic N) is 7. The molecule has 2 aromatic carbocycles. The van der Waals surface area contributed by atoms with E-state index >= 15 is 0 Å². The lowest BCUT2D eigenvalue weighted by molar-refractivity contribution is -0.878. The molecule has 4 aromatic rings. The molecule has 14 nitrogen and oxygen atoms in total. The number of hydrogen-bond acceptors (Lipinski definition) is 9. The molecule has 1 atom stereocenters. The first-order chi connectivity index (χ1) is 17.3. The fourth-order valence-electron chi connectivity index (χ4n) is 4.86. The largest absolute Gasteiger partial charge is 0.369 e. The molecule has 1 aliphatic rings. The molecule has 1 aliphatic heterocycles. The van der Waals surface area contributed by atoms with Crippen molar-refractivity contribution in [2.45, 2.75) is 22.3 Å². The van der Waals surface area contributed by atoms with E-state index in [0.717, 1.165) is 6.54 Å². The van der Waals surface area contributed by atoms with Gasteiger partial charge in [-0.15, -0.1) is 0 Å². The van der Waals surface area contributed by atoms with E-state index in [4.69, 9.17) is 10.9 Å². The molecule has 1 saturated heterocycles. The Labute approximate surface area is 213 Å². The third kappa shape index (κ3) is 4.46. The first-order valence-electron chi connectivity index (χ1n) is 11.2. The standard InChI is InChI=1S/C21H26N10O4S2/c1-30-15-6-4-5-14(18(15)24-21(30)22)13-7-8-16(37(34,35)27-12-9-10-31(2,3)11-12)19(36(23,32)33)17(13)20-25-28-29-26-20/h4-8,12,27H,9-11H2,1-3H3,(H4-,22,23,24,25,26,28,29,32,33)/t12-/m0/s1. The molecular formula is C21H26N10O4S2. The highest BCUT2D eigenvalue weighted by Gasteiger charge is 2.37. The van der Waals surface area contributed by atoms with Gasteiger partial charge in [0, 0.05) is 30.4 Å². The molecule has 16 heteroatoms. The van der Waals surface area contributed by atoms with Gasteiger partial charge >= 0.3 is 0 Å².